The van der Waals surface area contributed by atoms with Crippen LogP contribution in [0, 0.1) is 0 Å². The summed E-state index contributed by atoms with van der Waals surface area (Å²) in [5.74, 6) is -0.544. The van der Waals surface area contributed by atoms with E-state index in [9.17, 15) is 4.79 Å². The first-order valence-corrected chi connectivity index (χ1v) is 3.82. The molecule has 0 amide bonds. The topological polar surface area (TPSA) is 76.7 Å². The van der Waals surface area contributed by atoms with Gasteiger partial charge >= 0.3 is 5.97 Å². The van der Waals surface area contributed by atoms with Crippen molar-refractivity contribution in [2.24, 2.45) is 0 Å². The molecule has 0 unspecified atom stereocenters. The highest BCUT2D eigenvalue weighted by molar-refractivity contribution is 5.92. The zero-order chi connectivity index (χ0) is 10.1. The lowest BCUT2D eigenvalue weighted by Gasteiger charge is -1.98. The molecule has 0 aliphatic carbocycles. The van der Waals surface area contributed by atoms with Gasteiger partial charge in [-0.1, -0.05) is 0 Å². The summed E-state index contributed by atoms with van der Waals surface area (Å²) in [5.41, 5.74) is 0.242. The van der Waals surface area contributed by atoms with Crippen molar-refractivity contribution in [1.82, 2.24) is 14.4 Å². The minimum Gasteiger partial charge on any atom is -0.494 e. The second-order valence-electron chi connectivity index (χ2n) is 2.62. The molecule has 0 aromatic carbocycles. The van der Waals surface area contributed by atoms with Gasteiger partial charge in [-0.15, -0.1) is 0 Å². The van der Waals surface area contributed by atoms with Gasteiger partial charge in [-0.2, -0.15) is 0 Å². The normalized spacial score (nSPS) is 10.4. The number of carboxylic acid groups (broad SMARTS) is 1. The van der Waals surface area contributed by atoms with Crippen LogP contribution in [0.2, 0.25) is 0 Å². The number of carboxylic acids is 1. The van der Waals surface area contributed by atoms with Crippen molar-refractivity contribution in [3.05, 3.63) is 24.4 Å². The van der Waals surface area contributed by atoms with Gasteiger partial charge in [0.25, 0.3) is 0 Å². The maximum absolute atomic E-state index is 10.7. The summed E-state index contributed by atoms with van der Waals surface area (Å²) >= 11 is 0. The van der Waals surface area contributed by atoms with Crippen LogP contribution in [0.25, 0.3) is 5.65 Å². The van der Waals surface area contributed by atoms with E-state index in [1.54, 1.807) is 6.20 Å². The minimum absolute atomic E-state index is 0.0624. The smallest absolute Gasteiger partial charge is 0.358 e. The lowest BCUT2D eigenvalue weighted by atomic mass is 10.4. The molecule has 0 aliphatic heterocycles. The van der Waals surface area contributed by atoms with Gasteiger partial charge in [0, 0.05) is 0 Å². The molecule has 0 fully saturated rings. The number of aromatic carboxylic acids is 1. The molecular weight excluding hydrogens is 186 g/mol. The van der Waals surface area contributed by atoms with Crippen molar-refractivity contribution in [2.75, 3.05) is 7.11 Å². The number of aromatic nitrogens is 3. The average molecular weight is 193 g/mol. The first kappa shape index (κ1) is 8.49. The summed E-state index contributed by atoms with van der Waals surface area (Å²) in [6.45, 7) is 0. The van der Waals surface area contributed by atoms with Crippen LogP contribution in [0.4, 0.5) is 0 Å². The number of ether oxygens (including phenoxy) is 1. The van der Waals surface area contributed by atoms with Crippen LogP contribution in [-0.2, 0) is 0 Å². The van der Waals surface area contributed by atoms with Crippen molar-refractivity contribution in [3.8, 4) is 5.75 Å². The van der Waals surface area contributed by atoms with E-state index in [-0.39, 0.29) is 5.69 Å². The van der Waals surface area contributed by atoms with Crippen LogP contribution >= 0.6 is 0 Å². The van der Waals surface area contributed by atoms with Crippen molar-refractivity contribution < 1.29 is 14.6 Å². The van der Waals surface area contributed by atoms with Gasteiger partial charge in [-0.3, -0.25) is 4.40 Å². The highest BCUT2D eigenvalue weighted by atomic mass is 16.5. The Morgan fingerprint density at radius 3 is 3.00 bits per heavy atom. The molecule has 0 saturated carbocycles. The van der Waals surface area contributed by atoms with E-state index in [4.69, 9.17) is 9.84 Å². The van der Waals surface area contributed by atoms with Gasteiger partial charge in [0.15, 0.2) is 17.1 Å². The third-order valence-electron chi connectivity index (χ3n) is 1.79. The maximum Gasteiger partial charge on any atom is 0.358 e. The number of nitrogens with zero attached hydrogens (tertiary/aromatic N) is 3. The molecule has 0 bridgehead atoms. The third kappa shape index (κ3) is 1.17. The van der Waals surface area contributed by atoms with Crippen molar-refractivity contribution >= 4 is 11.6 Å². The first-order chi connectivity index (χ1) is 6.72. The average Bonchev–Trinajstić information content (AvgIpc) is 2.59. The number of hydrogen-bond acceptors (Lipinski definition) is 4. The molecule has 72 valence electrons. The zero-order valence-electron chi connectivity index (χ0n) is 7.34. The van der Waals surface area contributed by atoms with E-state index in [0.29, 0.717) is 11.4 Å². The van der Waals surface area contributed by atoms with E-state index >= 15 is 0 Å². The van der Waals surface area contributed by atoms with Gasteiger partial charge in [-0.25, -0.2) is 14.8 Å². The Morgan fingerprint density at radius 2 is 2.36 bits per heavy atom. The maximum atomic E-state index is 10.7. The summed E-state index contributed by atoms with van der Waals surface area (Å²) in [7, 11) is 1.51. The Kier molecular flexibility index (Phi) is 1.81. The number of imidazole rings is 1. The third-order valence-corrected chi connectivity index (χ3v) is 1.79. The molecule has 0 atom stereocenters. The summed E-state index contributed by atoms with van der Waals surface area (Å²) in [5, 5.41) is 8.75. The molecule has 2 heterocycles. The standard InChI is InChI=1S/C8H7N3O3/c1-14-5-2-9-7-6(8(12)13)10-4-11(7)3-5/h2-4H,1H3,(H,12,13). The van der Waals surface area contributed by atoms with E-state index in [1.165, 1.54) is 24.0 Å². The van der Waals surface area contributed by atoms with Gasteiger partial charge < -0.3 is 9.84 Å². The Hall–Kier alpha value is -2.11. The number of carbonyl (C=O) groups is 1. The van der Waals surface area contributed by atoms with E-state index in [2.05, 4.69) is 9.97 Å². The molecule has 0 spiro atoms. The Morgan fingerprint density at radius 1 is 1.57 bits per heavy atom. The number of methoxy groups -OCH3 is 1. The Bertz CT molecular complexity index is 492. The first-order valence-electron chi connectivity index (χ1n) is 3.82. The number of fused-ring (bicyclic) bond motifs is 1. The second-order valence-corrected chi connectivity index (χ2v) is 2.62. The van der Waals surface area contributed by atoms with E-state index in [1.807, 2.05) is 0 Å². The monoisotopic (exact) mass is 193 g/mol. The predicted octanol–water partition coefficient (Wildman–Crippen LogP) is 0.436. The molecule has 0 aliphatic rings. The van der Waals surface area contributed by atoms with Gasteiger partial charge in [-0.05, 0) is 0 Å². The highest BCUT2D eigenvalue weighted by Gasteiger charge is 2.12. The number of rotatable bonds is 2. The van der Waals surface area contributed by atoms with Crippen LogP contribution in [0.5, 0.6) is 5.75 Å². The summed E-state index contributed by atoms with van der Waals surface area (Å²) < 4.78 is 6.44. The van der Waals surface area contributed by atoms with Crippen LogP contribution in [0.3, 0.4) is 0 Å². The van der Waals surface area contributed by atoms with Crippen LogP contribution in [0.1, 0.15) is 10.5 Å². The van der Waals surface area contributed by atoms with E-state index in [0.717, 1.165) is 0 Å². The molecule has 2 aromatic rings. The molecular formula is C8H7N3O3. The predicted molar refractivity (Wildman–Crippen MR) is 46.5 cm³/mol. The van der Waals surface area contributed by atoms with Crippen molar-refractivity contribution in [1.29, 1.82) is 0 Å². The molecule has 2 aromatic heterocycles. The number of hydrogen-bond donors (Lipinski definition) is 1. The fraction of sp³-hybridized carbons (Fsp3) is 0.125. The quantitative estimate of drug-likeness (QED) is 0.748. The van der Waals surface area contributed by atoms with Crippen molar-refractivity contribution in [2.45, 2.75) is 0 Å². The summed E-state index contributed by atoms with van der Waals surface area (Å²) in [6, 6.07) is 0. The molecule has 2 rings (SSSR count). The van der Waals surface area contributed by atoms with Gasteiger partial charge in [0.2, 0.25) is 0 Å². The van der Waals surface area contributed by atoms with Gasteiger partial charge in [0.1, 0.15) is 6.33 Å². The van der Waals surface area contributed by atoms with Gasteiger partial charge in [0.05, 0.1) is 19.5 Å². The molecule has 14 heavy (non-hydrogen) atoms. The second kappa shape index (κ2) is 2.99. The fourth-order valence-electron chi connectivity index (χ4n) is 1.13. The van der Waals surface area contributed by atoms with Crippen LogP contribution in [0.15, 0.2) is 18.7 Å². The van der Waals surface area contributed by atoms with Crippen molar-refractivity contribution in [3.63, 3.8) is 0 Å². The lowest BCUT2D eigenvalue weighted by Crippen LogP contribution is -1.99. The molecule has 0 saturated heterocycles. The summed E-state index contributed by atoms with van der Waals surface area (Å²) in [6.07, 6.45) is 4.44. The van der Waals surface area contributed by atoms with Crippen LogP contribution < -0.4 is 4.74 Å². The molecule has 1 N–H and O–H groups in total. The fourth-order valence-corrected chi connectivity index (χ4v) is 1.13. The highest BCUT2D eigenvalue weighted by Crippen LogP contribution is 2.12. The minimum atomic E-state index is -1.09. The summed E-state index contributed by atoms with van der Waals surface area (Å²) in [4.78, 5) is 18.3. The largest absolute Gasteiger partial charge is 0.494 e. The molecule has 6 nitrogen and oxygen atoms in total. The molecule has 6 heteroatoms. The lowest BCUT2D eigenvalue weighted by molar-refractivity contribution is 0.0693. The van der Waals surface area contributed by atoms with E-state index < -0.39 is 5.97 Å². The Labute approximate surface area is 78.8 Å². The van der Waals surface area contributed by atoms with Crippen LogP contribution in [-0.4, -0.2) is 32.6 Å². The Balaban J connectivity index is 2.65. The SMILES string of the molecule is COc1cnc2c(C(=O)O)ncn2c1. The zero-order valence-corrected chi connectivity index (χ0v) is 7.34. The molecule has 0 radical (unpaired) electrons.